The highest BCUT2D eigenvalue weighted by atomic mass is 32.2. The molecule has 0 aromatic heterocycles. The third-order valence-corrected chi connectivity index (χ3v) is 3.67. The molecule has 2 nitrogen and oxygen atoms in total. The second-order valence-corrected chi connectivity index (χ2v) is 5.18. The molecule has 0 unspecified atom stereocenters. The Labute approximate surface area is 109 Å². The maximum absolute atomic E-state index is 11.5. The molecule has 0 heterocycles. The zero-order valence-corrected chi connectivity index (χ0v) is 11.5. The van der Waals surface area contributed by atoms with E-state index in [9.17, 15) is 4.79 Å². The summed E-state index contributed by atoms with van der Waals surface area (Å²) in [4.78, 5) is 12.6. The van der Waals surface area contributed by atoms with E-state index in [1.54, 1.807) is 6.92 Å². The summed E-state index contributed by atoms with van der Waals surface area (Å²) in [6.07, 6.45) is 4.77. The SMILES string of the molecule is CCCCCCN(Sc1ccccc1)C(C)=O. The summed E-state index contributed by atoms with van der Waals surface area (Å²) in [7, 11) is 0. The maximum Gasteiger partial charge on any atom is 0.229 e. The monoisotopic (exact) mass is 251 g/mol. The normalized spacial score (nSPS) is 10.2. The van der Waals surface area contributed by atoms with Gasteiger partial charge in [-0.25, -0.2) is 0 Å². The van der Waals surface area contributed by atoms with Crippen molar-refractivity contribution in [3.63, 3.8) is 0 Å². The average molecular weight is 251 g/mol. The Hall–Kier alpha value is -0.960. The molecule has 3 heteroatoms. The predicted octanol–water partition coefficient (Wildman–Crippen LogP) is 4.12. The van der Waals surface area contributed by atoms with Gasteiger partial charge in [0.25, 0.3) is 0 Å². The van der Waals surface area contributed by atoms with Crippen molar-refractivity contribution < 1.29 is 4.79 Å². The fourth-order valence-electron chi connectivity index (χ4n) is 1.56. The molecule has 0 fully saturated rings. The van der Waals surface area contributed by atoms with Crippen molar-refractivity contribution in [3.05, 3.63) is 30.3 Å². The van der Waals surface area contributed by atoms with E-state index >= 15 is 0 Å². The molecule has 0 saturated heterocycles. The Morgan fingerprint density at radius 1 is 1.18 bits per heavy atom. The number of hydrogen-bond acceptors (Lipinski definition) is 2. The molecule has 1 rings (SSSR count). The van der Waals surface area contributed by atoms with E-state index in [0.717, 1.165) is 17.9 Å². The van der Waals surface area contributed by atoms with Crippen LogP contribution in [0.25, 0.3) is 0 Å². The van der Waals surface area contributed by atoms with E-state index < -0.39 is 0 Å². The minimum absolute atomic E-state index is 0.135. The van der Waals surface area contributed by atoms with Crippen LogP contribution in [-0.4, -0.2) is 16.8 Å². The lowest BCUT2D eigenvalue weighted by atomic mass is 10.2. The van der Waals surface area contributed by atoms with Crippen molar-refractivity contribution in [1.29, 1.82) is 0 Å². The van der Waals surface area contributed by atoms with E-state index in [0.29, 0.717) is 0 Å². The van der Waals surface area contributed by atoms with Crippen LogP contribution in [0, 0.1) is 0 Å². The highest BCUT2D eigenvalue weighted by Gasteiger charge is 2.09. The van der Waals surface area contributed by atoms with Crippen LogP contribution in [0.3, 0.4) is 0 Å². The maximum atomic E-state index is 11.5. The molecule has 0 N–H and O–H groups in total. The Morgan fingerprint density at radius 2 is 1.88 bits per heavy atom. The number of rotatable bonds is 7. The minimum Gasteiger partial charge on any atom is -0.283 e. The van der Waals surface area contributed by atoms with Crippen molar-refractivity contribution in [3.8, 4) is 0 Å². The van der Waals surface area contributed by atoms with Crippen LogP contribution < -0.4 is 0 Å². The third-order valence-electron chi connectivity index (χ3n) is 2.52. The molecule has 0 aliphatic carbocycles. The molecule has 0 radical (unpaired) electrons. The number of benzene rings is 1. The second-order valence-electron chi connectivity index (χ2n) is 4.09. The fraction of sp³-hybridized carbons (Fsp3) is 0.500. The zero-order valence-electron chi connectivity index (χ0n) is 10.7. The lowest BCUT2D eigenvalue weighted by Gasteiger charge is -2.19. The topological polar surface area (TPSA) is 20.3 Å². The summed E-state index contributed by atoms with van der Waals surface area (Å²) in [6.45, 7) is 4.67. The first-order chi connectivity index (χ1) is 8.24. The van der Waals surface area contributed by atoms with Crippen LogP contribution in [0.2, 0.25) is 0 Å². The Morgan fingerprint density at radius 3 is 2.47 bits per heavy atom. The number of unbranched alkanes of at least 4 members (excludes halogenated alkanes) is 3. The number of hydrogen-bond donors (Lipinski definition) is 0. The standard InChI is InChI=1S/C14H21NOS/c1-3-4-5-9-12-15(13(2)16)17-14-10-7-6-8-11-14/h6-8,10-11H,3-5,9,12H2,1-2H3. The summed E-state index contributed by atoms with van der Waals surface area (Å²) in [5.41, 5.74) is 0. The molecule has 0 aliphatic heterocycles. The van der Waals surface area contributed by atoms with Gasteiger partial charge in [-0.05, 0) is 30.5 Å². The van der Waals surface area contributed by atoms with Crippen molar-refractivity contribution in [2.75, 3.05) is 6.54 Å². The van der Waals surface area contributed by atoms with Gasteiger partial charge in [0.2, 0.25) is 5.91 Å². The summed E-state index contributed by atoms with van der Waals surface area (Å²) in [5.74, 6) is 0.135. The lowest BCUT2D eigenvalue weighted by molar-refractivity contribution is -0.123. The number of amides is 1. The van der Waals surface area contributed by atoms with Gasteiger partial charge in [-0.2, -0.15) is 0 Å². The summed E-state index contributed by atoms with van der Waals surface area (Å²) in [5, 5.41) is 0. The molecule has 1 aromatic carbocycles. The third kappa shape index (κ3) is 5.78. The van der Waals surface area contributed by atoms with Gasteiger partial charge in [-0.1, -0.05) is 44.4 Å². The van der Waals surface area contributed by atoms with Crippen LogP contribution in [0.5, 0.6) is 0 Å². The zero-order chi connectivity index (χ0) is 12.5. The first-order valence-corrected chi connectivity index (χ1v) is 7.02. The highest BCUT2D eigenvalue weighted by molar-refractivity contribution is 7.97. The molecule has 0 saturated carbocycles. The van der Waals surface area contributed by atoms with E-state index in [1.165, 1.54) is 31.2 Å². The van der Waals surface area contributed by atoms with Crippen LogP contribution in [0.1, 0.15) is 39.5 Å². The predicted molar refractivity (Wildman–Crippen MR) is 73.8 cm³/mol. The van der Waals surface area contributed by atoms with Gasteiger partial charge in [0, 0.05) is 18.4 Å². The van der Waals surface area contributed by atoms with Crippen LogP contribution in [0.4, 0.5) is 0 Å². The summed E-state index contributed by atoms with van der Waals surface area (Å²) in [6, 6.07) is 10.1. The Bertz CT molecular complexity index is 326. The van der Waals surface area contributed by atoms with Crippen LogP contribution in [-0.2, 0) is 4.79 Å². The molecular formula is C14H21NOS. The van der Waals surface area contributed by atoms with Gasteiger partial charge >= 0.3 is 0 Å². The van der Waals surface area contributed by atoms with E-state index in [2.05, 4.69) is 6.92 Å². The van der Waals surface area contributed by atoms with E-state index in [-0.39, 0.29) is 5.91 Å². The quantitative estimate of drug-likeness (QED) is 0.536. The van der Waals surface area contributed by atoms with Crippen molar-refractivity contribution in [2.24, 2.45) is 0 Å². The fourth-order valence-corrected chi connectivity index (χ4v) is 2.44. The molecule has 17 heavy (non-hydrogen) atoms. The summed E-state index contributed by atoms with van der Waals surface area (Å²) >= 11 is 1.54. The van der Waals surface area contributed by atoms with Gasteiger partial charge in [0.1, 0.15) is 0 Å². The van der Waals surface area contributed by atoms with Gasteiger partial charge in [0.05, 0.1) is 0 Å². The van der Waals surface area contributed by atoms with Gasteiger partial charge in [-0.3, -0.25) is 9.10 Å². The van der Waals surface area contributed by atoms with Crippen LogP contribution >= 0.6 is 11.9 Å². The molecule has 0 atom stereocenters. The van der Waals surface area contributed by atoms with Crippen molar-refractivity contribution in [2.45, 2.75) is 44.4 Å². The van der Waals surface area contributed by atoms with Crippen molar-refractivity contribution >= 4 is 17.9 Å². The first kappa shape index (κ1) is 14.1. The molecule has 1 amide bonds. The molecule has 1 aromatic rings. The molecule has 0 spiro atoms. The molecule has 0 bridgehead atoms. The van der Waals surface area contributed by atoms with E-state index in [1.807, 2.05) is 34.6 Å². The largest absolute Gasteiger partial charge is 0.283 e. The molecular weight excluding hydrogens is 230 g/mol. The first-order valence-electron chi connectivity index (χ1n) is 6.25. The average Bonchev–Trinajstić information content (AvgIpc) is 2.34. The second kappa shape index (κ2) is 8.18. The Kier molecular flexibility index (Phi) is 6.78. The Balaban J connectivity index is 2.41. The number of carbonyl (C=O) groups excluding carboxylic acids is 1. The molecule has 0 aliphatic rings. The highest BCUT2D eigenvalue weighted by Crippen LogP contribution is 2.22. The van der Waals surface area contributed by atoms with Gasteiger partial charge < -0.3 is 0 Å². The van der Waals surface area contributed by atoms with E-state index in [4.69, 9.17) is 0 Å². The lowest BCUT2D eigenvalue weighted by Crippen LogP contribution is -2.22. The van der Waals surface area contributed by atoms with Gasteiger partial charge in [-0.15, -0.1) is 0 Å². The summed E-state index contributed by atoms with van der Waals surface area (Å²) < 4.78 is 1.85. The molecule has 94 valence electrons. The smallest absolute Gasteiger partial charge is 0.229 e. The van der Waals surface area contributed by atoms with Crippen molar-refractivity contribution in [1.82, 2.24) is 4.31 Å². The minimum atomic E-state index is 0.135. The van der Waals surface area contributed by atoms with Crippen LogP contribution in [0.15, 0.2) is 35.2 Å². The number of nitrogens with zero attached hydrogens (tertiary/aromatic N) is 1. The van der Waals surface area contributed by atoms with Gasteiger partial charge in [0.15, 0.2) is 0 Å². The number of carbonyl (C=O) groups is 1.